The Hall–Kier alpha value is -3.11. The normalized spacial score (nSPS) is 16.9. The summed E-state index contributed by atoms with van der Waals surface area (Å²) in [5.41, 5.74) is 2.21. The number of carbonyl (C=O) groups is 1. The van der Waals surface area contributed by atoms with Crippen molar-refractivity contribution in [3.8, 4) is 11.1 Å². The molecule has 34 heavy (non-hydrogen) atoms. The van der Waals surface area contributed by atoms with Crippen LogP contribution in [0.25, 0.3) is 11.1 Å². The van der Waals surface area contributed by atoms with Gasteiger partial charge in [-0.15, -0.1) is 0 Å². The average molecular weight is 486 g/mol. The fourth-order valence-corrected chi connectivity index (χ4v) is 5.02. The predicted octanol–water partition coefficient (Wildman–Crippen LogP) is 5.24. The zero-order chi connectivity index (χ0) is 23.7. The Balaban J connectivity index is 1.13. The number of halogens is 3. The van der Waals surface area contributed by atoms with E-state index in [1.54, 1.807) is 18.1 Å². The van der Waals surface area contributed by atoms with Gasteiger partial charge in [0.2, 0.25) is 5.91 Å². The van der Waals surface area contributed by atoms with Gasteiger partial charge in [-0.1, -0.05) is 12.1 Å². The fraction of sp³-hybridized carbons (Fsp3) is 0.292. The summed E-state index contributed by atoms with van der Waals surface area (Å²) in [6, 6.07) is 12.9. The number of fused-ring (bicyclic) bond motifs is 1. The summed E-state index contributed by atoms with van der Waals surface area (Å²) < 4.78 is 40.3. The molecule has 1 aromatic carbocycles. The summed E-state index contributed by atoms with van der Waals surface area (Å²) in [6.45, 7) is 1.72. The smallest absolute Gasteiger partial charge is 0.367 e. The fourth-order valence-electron chi connectivity index (χ4n) is 4.07. The highest BCUT2D eigenvalue weighted by Gasteiger charge is 2.30. The zero-order valence-electron chi connectivity index (χ0n) is 18.1. The molecule has 1 fully saturated rings. The third-order valence-electron chi connectivity index (χ3n) is 5.89. The van der Waals surface area contributed by atoms with E-state index in [0.29, 0.717) is 18.1 Å². The maximum absolute atomic E-state index is 12.7. The van der Waals surface area contributed by atoms with Gasteiger partial charge in [0.25, 0.3) is 0 Å². The second-order valence-electron chi connectivity index (χ2n) is 8.35. The van der Waals surface area contributed by atoms with Crippen LogP contribution < -0.4 is 10.6 Å². The zero-order valence-corrected chi connectivity index (χ0v) is 18.9. The molecule has 1 amide bonds. The first-order chi connectivity index (χ1) is 16.3. The van der Waals surface area contributed by atoms with Gasteiger partial charge in [0.15, 0.2) is 0 Å². The second-order valence-corrected chi connectivity index (χ2v) is 9.52. The van der Waals surface area contributed by atoms with E-state index >= 15 is 0 Å². The topological polar surface area (TPSA) is 70.2 Å². The van der Waals surface area contributed by atoms with Gasteiger partial charge >= 0.3 is 6.18 Å². The molecule has 0 spiro atoms. The van der Waals surface area contributed by atoms with Crippen LogP contribution >= 0.6 is 11.9 Å². The maximum Gasteiger partial charge on any atom is 0.417 e. The van der Waals surface area contributed by atoms with Crippen LogP contribution in [0.2, 0.25) is 0 Å². The molecule has 10 heteroatoms. The van der Waals surface area contributed by atoms with Gasteiger partial charge in [-0.05, 0) is 60.7 Å². The van der Waals surface area contributed by atoms with Crippen LogP contribution in [-0.4, -0.2) is 39.3 Å². The number of benzene rings is 1. The molecular formula is C24H22F3N5OS. The third-order valence-corrected chi connectivity index (χ3v) is 7.00. The number of hydrogen-bond donors (Lipinski definition) is 2. The summed E-state index contributed by atoms with van der Waals surface area (Å²) in [5.74, 6) is 1.09. The van der Waals surface area contributed by atoms with Crippen LogP contribution in [0.5, 0.6) is 0 Å². The number of piperidine rings is 1. The lowest BCUT2D eigenvalue weighted by Gasteiger charge is -2.31. The highest BCUT2D eigenvalue weighted by molar-refractivity contribution is 7.97. The van der Waals surface area contributed by atoms with E-state index in [2.05, 4.69) is 49.2 Å². The van der Waals surface area contributed by atoms with E-state index in [0.717, 1.165) is 59.8 Å². The number of carbonyl (C=O) groups excluding carboxylic acids is 1. The van der Waals surface area contributed by atoms with Gasteiger partial charge in [0.1, 0.15) is 11.6 Å². The van der Waals surface area contributed by atoms with Crippen LogP contribution in [0.3, 0.4) is 0 Å². The van der Waals surface area contributed by atoms with Crippen LogP contribution in [0.1, 0.15) is 24.0 Å². The number of anilines is 2. The Morgan fingerprint density at radius 1 is 1.00 bits per heavy atom. The molecule has 3 aromatic rings. The summed E-state index contributed by atoms with van der Waals surface area (Å²) in [7, 11) is 0. The predicted molar refractivity (Wildman–Crippen MR) is 125 cm³/mol. The van der Waals surface area contributed by atoms with E-state index in [-0.39, 0.29) is 11.9 Å². The highest BCUT2D eigenvalue weighted by Crippen LogP contribution is 2.32. The number of nitrogens with zero attached hydrogens (tertiary/aromatic N) is 3. The minimum atomic E-state index is -4.37. The van der Waals surface area contributed by atoms with Gasteiger partial charge in [-0.2, -0.15) is 13.2 Å². The number of amides is 1. The standard InChI is InChI=1S/C24H22F3N5OS/c25-24(26,27)18-3-6-21(28-14-18)30-19-7-9-32(10-8-19)34-20-4-1-15(2-5-20)17-11-16-12-22(33)31-23(16)29-13-17/h1-6,11,13-14,19H,7-10,12H2,(H,28,30)(H,29,31,33). The molecule has 0 bridgehead atoms. The second kappa shape index (κ2) is 9.27. The van der Waals surface area contributed by atoms with Gasteiger partial charge in [-0.25, -0.2) is 14.3 Å². The molecule has 0 radical (unpaired) electrons. The largest absolute Gasteiger partial charge is 0.417 e. The SMILES string of the molecule is O=C1Cc2cc(-c3ccc(SN4CCC(Nc5ccc(C(F)(F)F)cn5)CC4)cc3)cnc2N1. The molecule has 2 aliphatic rings. The number of alkyl halides is 3. The molecule has 0 aliphatic carbocycles. The van der Waals surface area contributed by atoms with Crippen molar-refractivity contribution in [2.24, 2.45) is 0 Å². The maximum atomic E-state index is 12.7. The summed E-state index contributed by atoms with van der Waals surface area (Å²) in [6.07, 6.45) is 0.386. The molecule has 2 N–H and O–H groups in total. The molecule has 176 valence electrons. The van der Waals surface area contributed by atoms with E-state index in [1.165, 1.54) is 6.07 Å². The summed E-state index contributed by atoms with van der Waals surface area (Å²) in [5, 5.41) is 5.99. The molecule has 0 unspecified atom stereocenters. The van der Waals surface area contributed by atoms with E-state index in [1.807, 2.05) is 6.07 Å². The number of nitrogens with one attached hydrogen (secondary N) is 2. The Labute approximate surface area is 199 Å². The van der Waals surface area contributed by atoms with Crippen molar-refractivity contribution >= 4 is 29.5 Å². The lowest BCUT2D eigenvalue weighted by Crippen LogP contribution is -2.35. The summed E-state index contributed by atoms with van der Waals surface area (Å²) in [4.78, 5) is 20.9. The van der Waals surface area contributed by atoms with Crippen LogP contribution in [0, 0.1) is 0 Å². The van der Waals surface area contributed by atoms with Crippen LogP contribution in [0.15, 0.2) is 59.8 Å². The molecule has 0 saturated carbocycles. The van der Waals surface area contributed by atoms with Gasteiger partial charge in [0.05, 0.1) is 12.0 Å². The monoisotopic (exact) mass is 485 g/mol. The van der Waals surface area contributed by atoms with E-state index < -0.39 is 11.7 Å². The lowest BCUT2D eigenvalue weighted by molar-refractivity contribution is -0.137. The van der Waals surface area contributed by atoms with E-state index in [4.69, 9.17) is 0 Å². The highest BCUT2D eigenvalue weighted by atomic mass is 32.2. The quantitative estimate of drug-likeness (QED) is 0.482. The lowest BCUT2D eigenvalue weighted by atomic mass is 10.1. The molecule has 0 atom stereocenters. The Morgan fingerprint density at radius 3 is 2.44 bits per heavy atom. The Kier molecular flexibility index (Phi) is 6.18. The first-order valence-electron chi connectivity index (χ1n) is 11.0. The molecule has 5 rings (SSSR count). The Bertz CT molecular complexity index is 1180. The van der Waals surface area contributed by atoms with Crippen molar-refractivity contribution in [3.63, 3.8) is 0 Å². The van der Waals surface area contributed by atoms with E-state index in [9.17, 15) is 18.0 Å². The number of hydrogen-bond acceptors (Lipinski definition) is 6. The number of rotatable bonds is 5. The summed E-state index contributed by atoms with van der Waals surface area (Å²) >= 11 is 1.70. The minimum Gasteiger partial charge on any atom is -0.367 e. The van der Waals surface area contributed by atoms with Crippen molar-refractivity contribution in [1.29, 1.82) is 0 Å². The third kappa shape index (κ3) is 5.18. The molecule has 6 nitrogen and oxygen atoms in total. The first kappa shape index (κ1) is 22.7. The number of aromatic nitrogens is 2. The van der Waals surface area contributed by atoms with Crippen molar-refractivity contribution in [1.82, 2.24) is 14.3 Å². The minimum absolute atomic E-state index is 0.0269. The van der Waals surface area contributed by atoms with Crippen molar-refractivity contribution < 1.29 is 18.0 Å². The van der Waals surface area contributed by atoms with Gasteiger partial charge < -0.3 is 10.6 Å². The first-order valence-corrected chi connectivity index (χ1v) is 11.7. The average Bonchev–Trinajstić information content (AvgIpc) is 3.20. The molecule has 1 saturated heterocycles. The molecular weight excluding hydrogens is 463 g/mol. The van der Waals surface area contributed by atoms with Crippen molar-refractivity contribution in [3.05, 3.63) is 66.0 Å². The molecule has 2 aliphatic heterocycles. The number of pyridine rings is 2. The molecule has 2 aromatic heterocycles. The Morgan fingerprint density at radius 2 is 1.76 bits per heavy atom. The van der Waals surface area contributed by atoms with Crippen molar-refractivity contribution in [2.75, 3.05) is 23.7 Å². The van der Waals surface area contributed by atoms with Crippen LogP contribution in [-0.2, 0) is 17.4 Å². The molecule has 4 heterocycles. The van der Waals surface area contributed by atoms with Gasteiger partial charge in [0, 0.05) is 47.5 Å². The van der Waals surface area contributed by atoms with Crippen LogP contribution in [0.4, 0.5) is 24.8 Å². The van der Waals surface area contributed by atoms with Gasteiger partial charge in [-0.3, -0.25) is 4.79 Å². The van der Waals surface area contributed by atoms with Crippen molar-refractivity contribution in [2.45, 2.75) is 36.4 Å².